The third kappa shape index (κ3) is 5.11. The minimum Gasteiger partial charge on any atom is -0.350 e. The zero-order chi connectivity index (χ0) is 15.2. The lowest BCUT2D eigenvalue weighted by molar-refractivity contribution is -0.123. The molecule has 0 aliphatic carbocycles. The number of halogens is 1. The number of nitrogens with one attached hydrogen (secondary N) is 2. The van der Waals surface area contributed by atoms with Crippen LogP contribution in [0.2, 0.25) is 0 Å². The van der Waals surface area contributed by atoms with Gasteiger partial charge in [-0.25, -0.2) is 0 Å². The standard InChI is InChI=1S/C17H25BrN2O/c1-12(14-6-8-19-9-7-14)10-17(21)20-13(2)15-4-3-5-16(18)11-15/h3-5,11-14,19H,6-10H2,1-2H3,(H,20,21). The topological polar surface area (TPSA) is 41.1 Å². The molecule has 1 aromatic rings. The van der Waals surface area contributed by atoms with Gasteiger partial charge in [-0.2, -0.15) is 0 Å². The molecule has 1 fully saturated rings. The number of piperidine rings is 1. The van der Waals surface area contributed by atoms with Crippen molar-refractivity contribution < 1.29 is 4.79 Å². The molecular formula is C17H25BrN2O. The SMILES string of the molecule is CC(NC(=O)CC(C)C1CCNCC1)c1cccc(Br)c1. The average molecular weight is 353 g/mol. The van der Waals surface area contributed by atoms with Gasteiger partial charge >= 0.3 is 0 Å². The summed E-state index contributed by atoms with van der Waals surface area (Å²) in [6, 6.07) is 8.15. The van der Waals surface area contributed by atoms with Gasteiger partial charge in [0.05, 0.1) is 6.04 Å². The first kappa shape index (κ1) is 16.5. The molecule has 0 bridgehead atoms. The molecule has 4 heteroatoms. The van der Waals surface area contributed by atoms with E-state index in [2.05, 4.69) is 39.6 Å². The predicted octanol–water partition coefficient (Wildman–Crippen LogP) is 3.65. The summed E-state index contributed by atoms with van der Waals surface area (Å²) in [5.41, 5.74) is 1.13. The van der Waals surface area contributed by atoms with Gasteiger partial charge in [-0.1, -0.05) is 35.0 Å². The Bertz CT molecular complexity index is 472. The van der Waals surface area contributed by atoms with Crippen molar-refractivity contribution in [2.24, 2.45) is 11.8 Å². The Hall–Kier alpha value is -0.870. The van der Waals surface area contributed by atoms with Gasteiger partial charge in [0.15, 0.2) is 0 Å². The number of amides is 1. The van der Waals surface area contributed by atoms with Gasteiger partial charge in [0.2, 0.25) is 5.91 Å². The van der Waals surface area contributed by atoms with Gasteiger partial charge in [0.1, 0.15) is 0 Å². The molecule has 0 saturated carbocycles. The Morgan fingerprint density at radius 2 is 2.10 bits per heavy atom. The molecule has 21 heavy (non-hydrogen) atoms. The van der Waals surface area contributed by atoms with E-state index in [0.29, 0.717) is 18.3 Å². The Balaban J connectivity index is 1.83. The molecule has 1 aromatic carbocycles. The molecule has 2 rings (SSSR count). The number of rotatable bonds is 5. The van der Waals surface area contributed by atoms with Crippen molar-refractivity contribution >= 4 is 21.8 Å². The molecular weight excluding hydrogens is 328 g/mol. The zero-order valence-electron chi connectivity index (χ0n) is 12.9. The molecule has 1 saturated heterocycles. The third-order valence-corrected chi connectivity index (χ3v) is 4.92. The normalized spacial score (nSPS) is 19.0. The summed E-state index contributed by atoms with van der Waals surface area (Å²) >= 11 is 3.47. The molecule has 1 aliphatic rings. The van der Waals surface area contributed by atoms with Crippen LogP contribution in [0.5, 0.6) is 0 Å². The number of hydrogen-bond donors (Lipinski definition) is 2. The quantitative estimate of drug-likeness (QED) is 0.848. The number of benzene rings is 1. The molecule has 0 radical (unpaired) electrons. The summed E-state index contributed by atoms with van der Waals surface area (Å²) in [5, 5.41) is 6.49. The van der Waals surface area contributed by atoms with Crippen LogP contribution in [0.3, 0.4) is 0 Å². The fourth-order valence-electron chi connectivity index (χ4n) is 3.03. The third-order valence-electron chi connectivity index (χ3n) is 4.42. The summed E-state index contributed by atoms with van der Waals surface area (Å²) in [6.45, 7) is 6.42. The van der Waals surface area contributed by atoms with Crippen molar-refractivity contribution in [3.05, 3.63) is 34.3 Å². The molecule has 3 nitrogen and oxygen atoms in total. The highest BCUT2D eigenvalue weighted by molar-refractivity contribution is 9.10. The van der Waals surface area contributed by atoms with Crippen LogP contribution in [0.15, 0.2) is 28.7 Å². The maximum atomic E-state index is 12.2. The minimum atomic E-state index is 0.0511. The monoisotopic (exact) mass is 352 g/mol. The van der Waals surface area contributed by atoms with Crippen LogP contribution in [0, 0.1) is 11.8 Å². The second-order valence-electron chi connectivity index (χ2n) is 6.11. The Morgan fingerprint density at radius 3 is 2.76 bits per heavy atom. The lowest BCUT2D eigenvalue weighted by Gasteiger charge is -2.28. The zero-order valence-corrected chi connectivity index (χ0v) is 14.4. The average Bonchev–Trinajstić information content (AvgIpc) is 2.48. The summed E-state index contributed by atoms with van der Waals surface area (Å²) in [4.78, 5) is 12.2. The van der Waals surface area contributed by atoms with Crippen LogP contribution in [0.1, 0.15) is 44.7 Å². The van der Waals surface area contributed by atoms with E-state index >= 15 is 0 Å². The summed E-state index contributed by atoms with van der Waals surface area (Å²) in [5.74, 6) is 1.30. The molecule has 1 heterocycles. The van der Waals surface area contributed by atoms with E-state index in [-0.39, 0.29) is 11.9 Å². The smallest absolute Gasteiger partial charge is 0.220 e. The van der Waals surface area contributed by atoms with E-state index < -0.39 is 0 Å². The van der Waals surface area contributed by atoms with Gasteiger partial charge in [-0.05, 0) is 62.4 Å². The van der Waals surface area contributed by atoms with E-state index in [4.69, 9.17) is 0 Å². The van der Waals surface area contributed by atoms with Gasteiger partial charge in [-0.3, -0.25) is 4.79 Å². The van der Waals surface area contributed by atoms with E-state index in [9.17, 15) is 4.79 Å². The molecule has 2 N–H and O–H groups in total. The largest absolute Gasteiger partial charge is 0.350 e. The fourth-order valence-corrected chi connectivity index (χ4v) is 3.45. The summed E-state index contributed by atoms with van der Waals surface area (Å²) < 4.78 is 1.05. The van der Waals surface area contributed by atoms with Crippen molar-refractivity contribution in [1.29, 1.82) is 0 Å². The van der Waals surface area contributed by atoms with Gasteiger partial charge in [-0.15, -0.1) is 0 Å². The molecule has 116 valence electrons. The fraction of sp³-hybridized carbons (Fsp3) is 0.588. The lowest BCUT2D eigenvalue weighted by Crippen LogP contribution is -2.34. The van der Waals surface area contributed by atoms with Crippen LogP contribution in [0.4, 0.5) is 0 Å². The van der Waals surface area contributed by atoms with Crippen LogP contribution in [-0.4, -0.2) is 19.0 Å². The number of carbonyl (C=O) groups is 1. The molecule has 2 atom stereocenters. The van der Waals surface area contributed by atoms with E-state index in [1.165, 1.54) is 12.8 Å². The predicted molar refractivity (Wildman–Crippen MR) is 90.1 cm³/mol. The minimum absolute atomic E-state index is 0.0511. The molecule has 1 aliphatic heterocycles. The van der Waals surface area contributed by atoms with Crippen molar-refractivity contribution in [3.8, 4) is 0 Å². The van der Waals surface area contributed by atoms with Gasteiger partial charge in [0, 0.05) is 10.9 Å². The van der Waals surface area contributed by atoms with Crippen molar-refractivity contribution in [2.45, 2.75) is 39.2 Å². The van der Waals surface area contributed by atoms with Crippen molar-refractivity contribution in [3.63, 3.8) is 0 Å². The second-order valence-corrected chi connectivity index (χ2v) is 7.03. The Kier molecular flexibility index (Phi) is 6.24. The highest BCUT2D eigenvalue weighted by atomic mass is 79.9. The molecule has 1 amide bonds. The molecule has 0 aromatic heterocycles. The second kappa shape index (κ2) is 7.95. The first-order valence-corrected chi connectivity index (χ1v) is 8.61. The summed E-state index contributed by atoms with van der Waals surface area (Å²) in [7, 11) is 0. The van der Waals surface area contributed by atoms with Crippen LogP contribution < -0.4 is 10.6 Å². The summed E-state index contributed by atoms with van der Waals surface area (Å²) in [6.07, 6.45) is 3.01. The van der Waals surface area contributed by atoms with Crippen molar-refractivity contribution in [2.75, 3.05) is 13.1 Å². The van der Waals surface area contributed by atoms with Crippen LogP contribution in [0.25, 0.3) is 0 Å². The van der Waals surface area contributed by atoms with Gasteiger partial charge < -0.3 is 10.6 Å². The highest BCUT2D eigenvalue weighted by Crippen LogP contribution is 2.25. The Labute approximate surface area is 136 Å². The maximum absolute atomic E-state index is 12.2. The van der Waals surface area contributed by atoms with E-state index in [1.807, 2.05) is 25.1 Å². The lowest BCUT2D eigenvalue weighted by atomic mass is 9.84. The number of carbonyl (C=O) groups excluding carboxylic acids is 1. The highest BCUT2D eigenvalue weighted by Gasteiger charge is 2.22. The Morgan fingerprint density at radius 1 is 1.38 bits per heavy atom. The van der Waals surface area contributed by atoms with Crippen LogP contribution >= 0.6 is 15.9 Å². The number of hydrogen-bond acceptors (Lipinski definition) is 2. The first-order chi connectivity index (χ1) is 10.1. The molecule has 0 spiro atoms. The van der Waals surface area contributed by atoms with Crippen LogP contribution in [-0.2, 0) is 4.79 Å². The van der Waals surface area contributed by atoms with Gasteiger partial charge in [0.25, 0.3) is 0 Å². The van der Waals surface area contributed by atoms with E-state index in [1.54, 1.807) is 0 Å². The van der Waals surface area contributed by atoms with Crippen molar-refractivity contribution in [1.82, 2.24) is 10.6 Å². The molecule has 2 unspecified atom stereocenters. The first-order valence-electron chi connectivity index (χ1n) is 7.82. The van der Waals surface area contributed by atoms with E-state index in [0.717, 1.165) is 23.1 Å². The maximum Gasteiger partial charge on any atom is 0.220 e.